The van der Waals surface area contributed by atoms with Gasteiger partial charge in [-0.05, 0) is 42.5 Å². The monoisotopic (exact) mass is 270 g/mol. The zero-order valence-corrected chi connectivity index (χ0v) is 13.1. The van der Waals surface area contributed by atoms with E-state index in [2.05, 4.69) is 62.3 Å². The van der Waals surface area contributed by atoms with Gasteiger partial charge in [0.2, 0.25) is 0 Å². The average molecular weight is 270 g/mol. The van der Waals surface area contributed by atoms with Crippen molar-refractivity contribution in [1.29, 1.82) is 0 Å². The molecule has 2 aromatic rings. The molecule has 1 N–H and O–H groups in total. The molecular weight excluding hydrogens is 244 g/mol. The number of hydrogen-bond donors (Lipinski definition) is 1. The number of rotatable bonds is 5. The molecule has 1 unspecified atom stereocenters. The van der Waals surface area contributed by atoms with Crippen LogP contribution in [-0.4, -0.2) is 17.6 Å². The van der Waals surface area contributed by atoms with Crippen molar-refractivity contribution in [1.82, 2.24) is 10.3 Å². The molecule has 0 saturated heterocycles. The lowest BCUT2D eigenvalue weighted by Gasteiger charge is -2.31. The van der Waals surface area contributed by atoms with Gasteiger partial charge in [-0.1, -0.05) is 45.9 Å². The van der Waals surface area contributed by atoms with Gasteiger partial charge in [0, 0.05) is 17.6 Å². The molecule has 0 spiro atoms. The minimum Gasteiger partial charge on any atom is -0.314 e. The molecule has 0 aliphatic carbocycles. The van der Waals surface area contributed by atoms with Crippen LogP contribution >= 0.6 is 0 Å². The third-order valence-corrected chi connectivity index (χ3v) is 3.93. The third kappa shape index (κ3) is 3.57. The zero-order chi connectivity index (χ0) is 14.6. The molecule has 0 radical (unpaired) electrons. The van der Waals surface area contributed by atoms with E-state index in [1.54, 1.807) is 0 Å². The van der Waals surface area contributed by atoms with Gasteiger partial charge in [0.1, 0.15) is 0 Å². The Balaban J connectivity index is 2.16. The van der Waals surface area contributed by atoms with E-state index in [9.17, 15) is 0 Å². The Bertz CT molecular complexity index is 549. The highest BCUT2D eigenvalue weighted by molar-refractivity contribution is 5.81. The molecule has 2 nitrogen and oxygen atoms in total. The molecule has 0 fully saturated rings. The number of hydrogen-bond acceptors (Lipinski definition) is 2. The first-order chi connectivity index (χ1) is 9.52. The normalized spacial score (nSPS) is 13.6. The van der Waals surface area contributed by atoms with Gasteiger partial charge in [0.25, 0.3) is 0 Å². The molecular formula is C18H26N2. The van der Waals surface area contributed by atoms with Crippen molar-refractivity contribution in [2.75, 3.05) is 6.54 Å². The predicted molar refractivity (Wildman–Crippen MR) is 87.0 cm³/mol. The highest BCUT2D eigenvalue weighted by Gasteiger charge is 2.23. The van der Waals surface area contributed by atoms with Gasteiger partial charge in [-0.2, -0.15) is 0 Å². The van der Waals surface area contributed by atoms with Crippen molar-refractivity contribution in [3.8, 4) is 0 Å². The van der Waals surface area contributed by atoms with Crippen molar-refractivity contribution in [3.63, 3.8) is 0 Å². The molecule has 1 aromatic heterocycles. The highest BCUT2D eigenvalue weighted by Crippen LogP contribution is 2.25. The third-order valence-electron chi connectivity index (χ3n) is 3.93. The first-order valence-electron chi connectivity index (χ1n) is 7.58. The maximum atomic E-state index is 4.44. The maximum absolute atomic E-state index is 4.44. The number of aromatic nitrogens is 1. The average Bonchev–Trinajstić information content (AvgIpc) is 2.42. The fourth-order valence-electron chi connectivity index (χ4n) is 2.77. The van der Waals surface area contributed by atoms with Crippen LogP contribution in [0.1, 0.15) is 39.7 Å². The summed E-state index contributed by atoms with van der Waals surface area (Å²) in [5, 5.41) is 4.92. The topological polar surface area (TPSA) is 24.9 Å². The van der Waals surface area contributed by atoms with Gasteiger partial charge >= 0.3 is 0 Å². The summed E-state index contributed by atoms with van der Waals surface area (Å²) >= 11 is 0. The van der Waals surface area contributed by atoms with Crippen molar-refractivity contribution in [2.24, 2.45) is 5.41 Å². The molecule has 1 aromatic carbocycles. The van der Waals surface area contributed by atoms with Crippen LogP contribution in [0.3, 0.4) is 0 Å². The van der Waals surface area contributed by atoms with Crippen molar-refractivity contribution < 1.29 is 0 Å². The largest absolute Gasteiger partial charge is 0.314 e. The van der Waals surface area contributed by atoms with E-state index in [1.807, 2.05) is 12.3 Å². The summed E-state index contributed by atoms with van der Waals surface area (Å²) < 4.78 is 0. The van der Waals surface area contributed by atoms with Crippen LogP contribution < -0.4 is 5.32 Å². The second-order valence-electron chi connectivity index (χ2n) is 6.50. The van der Waals surface area contributed by atoms with E-state index in [1.165, 1.54) is 10.9 Å². The quantitative estimate of drug-likeness (QED) is 0.881. The fourth-order valence-corrected chi connectivity index (χ4v) is 2.77. The van der Waals surface area contributed by atoms with E-state index in [-0.39, 0.29) is 0 Å². The van der Waals surface area contributed by atoms with Gasteiger partial charge in [-0.3, -0.25) is 4.98 Å². The summed E-state index contributed by atoms with van der Waals surface area (Å²) in [6.45, 7) is 10.1. The van der Waals surface area contributed by atoms with E-state index < -0.39 is 0 Å². The maximum Gasteiger partial charge on any atom is 0.0704 e. The molecule has 20 heavy (non-hydrogen) atoms. The summed E-state index contributed by atoms with van der Waals surface area (Å²) in [7, 11) is 0. The second kappa shape index (κ2) is 6.36. The Labute approximate surface area is 122 Å². The number of nitrogens with one attached hydrogen (secondary N) is 1. The summed E-state index contributed by atoms with van der Waals surface area (Å²) in [4.78, 5) is 4.44. The number of fused-ring (bicyclic) bond motifs is 1. The van der Waals surface area contributed by atoms with Gasteiger partial charge in [0.05, 0.1) is 5.52 Å². The van der Waals surface area contributed by atoms with Crippen molar-refractivity contribution in [3.05, 3.63) is 42.1 Å². The van der Waals surface area contributed by atoms with Crippen LogP contribution in [0.15, 0.2) is 36.5 Å². The Hall–Kier alpha value is -1.41. The standard InChI is InChI=1S/C18H26N2/c1-5-19-17(18(2,3)4)12-11-14-8-6-10-16-15(14)9-7-13-20-16/h6-10,13,17,19H,5,11-12H2,1-4H3. The Morgan fingerprint density at radius 3 is 2.65 bits per heavy atom. The highest BCUT2D eigenvalue weighted by atomic mass is 14.9. The van der Waals surface area contributed by atoms with Gasteiger partial charge in [-0.25, -0.2) is 0 Å². The second-order valence-corrected chi connectivity index (χ2v) is 6.50. The van der Waals surface area contributed by atoms with Crippen LogP contribution in [0.2, 0.25) is 0 Å². The van der Waals surface area contributed by atoms with Crippen molar-refractivity contribution in [2.45, 2.75) is 46.6 Å². The van der Waals surface area contributed by atoms with E-state index in [4.69, 9.17) is 0 Å². The molecule has 0 amide bonds. The fraction of sp³-hybridized carbons (Fsp3) is 0.500. The Morgan fingerprint density at radius 2 is 1.95 bits per heavy atom. The number of aryl methyl sites for hydroxylation is 1. The molecule has 2 heteroatoms. The minimum absolute atomic E-state index is 0.291. The number of nitrogens with zero attached hydrogens (tertiary/aromatic N) is 1. The molecule has 0 saturated carbocycles. The lowest BCUT2D eigenvalue weighted by Crippen LogP contribution is -2.40. The number of pyridine rings is 1. The summed E-state index contributed by atoms with van der Waals surface area (Å²) in [6.07, 6.45) is 4.12. The summed E-state index contributed by atoms with van der Waals surface area (Å²) in [5.41, 5.74) is 2.79. The number of benzene rings is 1. The van der Waals surface area contributed by atoms with Crippen molar-refractivity contribution >= 4 is 10.9 Å². The molecule has 0 bridgehead atoms. The van der Waals surface area contributed by atoms with Crippen LogP contribution in [-0.2, 0) is 6.42 Å². The molecule has 1 atom stereocenters. The Morgan fingerprint density at radius 1 is 1.15 bits per heavy atom. The van der Waals surface area contributed by atoms with E-state index in [0.29, 0.717) is 11.5 Å². The van der Waals surface area contributed by atoms with Crippen LogP contribution in [0.25, 0.3) is 10.9 Å². The van der Waals surface area contributed by atoms with Crippen LogP contribution in [0.5, 0.6) is 0 Å². The molecule has 2 rings (SSSR count). The zero-order valence-electron chi connectivity index (χ0n) is 13.1. The summed E-state index contributed by atoms with van der Waals surface area (Å²) in [6, 6.07) is 11.2. The van der Waals surface area contributed by atoms with Crippen LogP contribution in [0.4, 0.5) is 0 Å². The minimum atomic E-state index is 0.291. The lowest BCUT2D eigenvalue weighted by molar-refractivity contribution is 0.258. The molecule has 1 heterocycles. The summed E-state index contributed by atoms with van der Waals surface area (Å²) in [5.74, 6) is 0. The lowest BCUT2D eigenvalue weighted by atomic mass is 9.83. The van der Waals surface area contributed by atoms with Gasteiger partial charge in [-0.15, -0.1) is 0 Å². The van der Waals surface area contributed by atoms with Crippen LogP contribution in [0, 0.1) is 5.41 Å². The van der Waals surface area contributed by atoms with Gasteiger partial charge < -0.3 is 5.32 Å². The molecule has 108 valence electrons. The van der Waals surface area contributed by atoms with E-state index in [0.717, 1.165) is 24.9 Å². The Kier molecular flexibility index (Phi) is 4.77. The van der Waals surface area contributed by atoms with E-state index >= 15 is 0 Å². The SMILES string of the molecule is CCNC(CCc1cccc2ncccc12)C(C)(C)C. The predicted octanol–water partition coefficient (Wildman–Crippen LogP) is 4.19. The van der Waals surface area contributed by atoms with Gasteiger partial charge in [0.15, 0.2) is 0 Å². The first kappa shape index (κ1) is 15.0. The molecule has 0 aliphatic rings. The first-order valence-corrected chi connectivity index (χ1v) is 7.58. The smallest absolute Gasteiger partial charge is 0.0704 e. The molecule has 0 aliphatic heterocycles.